The predicted molar refractivity (Wildman–Crippen MR) is 77.8 cm³/mol. The third kappa shape index (κ3) is 3.51. The van der Waals surface area contributed by atoms with Crippen molar-refractivity contribution in [2.24, 2.45) is 0 Å². The summed E-state index contributed by atoms with van der Waals surface area (Å²) in [7, 11) is 0. The van der Waals surface area contributed by atoms with Crippen LogP contribution < -0.4 is 10.5 Å². The second-order valence-electron chi connectivity index (χ2n) is 4.33. The topological polar surface area (TPSA) is 61.5 Å². The number of anilines is 1. The molecule has 2 rings (SSSR count). The first-order valence-corrected chi connectivity index (χ1v) is 6.38. The van der Waals surface area contributed by atoms with Crippen LogP contribution in [0.2, 0.25) is 0 Å². The number of aryl methyl sites for hydroxylation is 1. The number of ether oxygens (including phenoxy) is 2. The van der Waals surface area contributed by atoms with Gasteiger partial charge >= 0.3 is 5.97 Å². The number of nitrogen functional groups attached to an aromatic ring is 1. The van der Waals surface area contributed by atoms with Crippen molar-refractivity contribution in [1.29, 1.82) is 0 Å². The highest BCUT2D eigenvalue weighted by atomic mass is 16.6. The molecule has 0 aromatic heterocycles. The zero-order valence-corrected chi connectivity index (χ0v) is 11.3. The lowest BCUT2D eigenvalue weighted by molar-refractivity contribution is 0.0451. The number of hydrogen-bond donors (Lipinski definition) is 1. The molecule has 0 radical (unpaired) electrons. The van der Waals surface area contributed by atoms with Gasteiger partial charge in [0.25, 0.3) is 0 Å². The minimum absolute atomic E-state index is 0.182. The largest absolute Gasteiger partial charge is 0.490 e. The monoisotopic (exact) mass is 271 g/mol. The molecule has 2 aromatic rings. The van der Waals surface area contributed by atoms with Gasteiger partial charge in [0.1, 0.15) is 19.0 Å². The Morgan fingerprint density at radius 2 is 1.80 bits per heavy atom. The minimum atomic E-state index is -0.428. The third-order valence-electron chi connectivity index (χ3n) is 2.87. The summed E-state index contributed by atoms with van der Waals surface area (Å²) in [6.45, 7) is 2.34. The van der Waals surface area contributed by atoms with Crippen molar-refractivity contribution in [3.8, 4) is 5.75 Å². The van der Waals surface area contributed by atoms with Crippen LogP contribution >= 0.6 is 0 Å². The van der Waals surface area contributed by atoms with E-state index in [1.54, 1.807) is 12.1 Å². The van der Waals surface area contributed by atoms with E-state index in [-0.39, 0.29) is 6.61 Å². The average Bonchev–Trinajstić information content (AvgIpc) is 2.47. The summed E-state index contributed by atoms with van der Waals surface area (Å²) in [5, 5.41) is 0. The van der Waals surface area contributed by atoms with Crippen molar-refractivity contribution >= 4 is 11.7 Å². The van der Waals surface area contributed by atoms with Crippen molar-refractivity contribution in [1.82, 2.24) is 0 Å². The van der Waals surface area contributed by atoms with Crippen molar-refractivity contribution in [2.45, 2.75) is 6.92 Å². The van der Waals surface area contributed by atoms with Gasteiger partial charge < -0.3 is 15.2 Å². The van der Waals surface area contributed by atoms with E-state index in [9.17, 15) is 4.79 Å². The highest BCUT2D eigenvalue weighted by Crippen LogP contribution is 2.17. The predicted octanol–water partition coefficient (Wildman–Crippen LogP) is 2.81. The highest BCUT2D eigenvalue weighted by Gasteiger charge is 2.11. The second kappa shape index (κ2) is 6.61. The van der Waals surface area contributed by atoms with Gasteiger partial charge in [-0.25, -0.2) is 4.79 Å². The van der Waals surface area contributed by atoms with Crippen LogP contribution in [-0.2, 0) is 4.74 Å². The van der Waals surface area contributed by atoms with Crippen LogP contribution in [0, 0.1) is 6.92 Å². The Bertz CT molecular complexity index is 582. The molecule has 4 heteroatoms. The Hall–Kier alpha value is -2.49. The van der Waals surface area contributed by atoms with Gasteiger partial charge in [-0.1, -0.05) is 30.3 Å². The summed E-state index contributed by atoms with van der Waals surface area (Å²) in [6.07, 6.45) is 0. The molecule has 0 aliphatic carbocycles. The molecule has 4 nitrogen and oxygen atoms in total. The van der Waals surface area contributed by atoms with Gasteiger partial charge in [-0.15, -0.1) is 0 Å². The fraction of sp³-hybridized carbons (Fsp3) is 0.188. The molecule has 0 bridgehead atoms. The molecule has 2 aromatic carbocycles. The summed E-state index contributed by atoms with van der Waals surface area (Å²) in [5.41, 5.74) is 7.56. The zero-order chi connectivity index (χ0) is 14.4. The number of esters is 1. The van der Waals surface area contributed by atoms with E-state index in [1.807, 2.05) is 43.3 Å². The van der Waals surface area contributed by atoms with Crippen molar-refractivity contribution < 1.29 is 14.3 Å². The molecule has 0 saturated heterocycles. The molecule has 104 valence electrons. The molecule has 0 aliphatic rings. The van der Waals surface area contributed by atoms with Crippen molar-refractivity contribution in [2.75, 3.05) is 18.9 Å². The van der Waals surface area contributed by atoms with Gasteiger partial charge in [0.05, 0.1) is 5.56 Å². The van der Waals surface area contributed by atoms with E-state index in [0.717, 1.165) is 11.3 Å². The lowest BCUT2D eigenvalue weighted by Crippen LogP contribution is -2.14. The van der Waals surface area contributed by atoms with Gasteiger partial charge in [-0.05, 0) is 30.7 Å². The molecular weight excluding hydrogens is 254 g/mol. The number of carbonyl (C=O) groups excluding carboxylic acids is 1. The third-order valence-corrected chi connectivity index (χ3v) is 2.87. The SMILES string of the molecule is Cc1cccc(C(=O)OCCOc2ccccc2)c1N. The van der Waals surface area contributed by atoms with Crippen molar-refractivity contribution in [3.63, 3.8) is 0 Å². The van der Waals surface area contributed by atoms with Crippen LogP contribution in [0.3, 0.4) is 0 Å². The molecular formula is C16H17NO3. The Morgan fingerprint density at radius 3 is 2.55 bits per heavy atom. The lowest BCUT2D eigenvalue weighted by Gasteiger charge is -2.09. The normalized spacial score (nSPS) is 10.1. The Labute approximate surface area is 118 Å². The van der Waals surface area contributed by atoms with E-state index in [2.05, 4.69) is 0 Å². The first kappa shape index (κ1) is 13.9. The highest BCUT2D eigenvalue weighted by molar-refractivity contribution is 5.95. The van der Waals surface area contributed by atoms with Gasteiger partial charge in [-0.3, -0.25) is 0 Å². The maximum atomic E-state index is 11.9. The number of hydrogen-bond acceptors (Lipinski definition) is 4. The van der Waals surface area contributed by atoms with Crippen LogP contribution in [0.25, 0.3) is 0 Å². The maximum Gasteiger partial charge on any atom is 0.340 e. The molecule has 0 aliphatic heterocycles. The van der Waals surface area contributed by atoms with Crippen LogP contribution in [-0.4, -0.2) is 19.2 Å². The molecule has 0 unspecified atom stereocenters. The number of para-hydroxylation sites is 2. The molecule has 0 fully saturated rings. The van der Waals surface area contributed by atoms with Crippen LogP contribution in [0.4, 0.5) is 5.69 Å². The average molecular weight is 271 g/mol. The molecule has 20 heavy (non-hydrogen) atoms. The molecule has 0 spiro atoms. The minimum Gasteiger partial charge on any atom is -0.490 e. The number of nitrogens with two attached hydrogens (primary N) is 1. The summed E-state index contributed by atoms with van der Waals surface area (Å²) < 4.78 is 10.6. The fourth-order valence-corrected chi connectivity index (χ4v) is 1.75. The quantitative estimate of drug-likeness (QED) is 0.516. The summed E-state index contributed by atoms with van der Waals surface area (Å²) in [4.78, 5) is 11.9. The molecule has 0 saturated carbocycles. The second-order valence-corrected chi connectivity index (χ2v) is 4.33. The summed E-state index contributed by atoms with van der Waals surface area (Å²) >= 11 is 0. The zero-order valence-electron chi connectivity index (χ0n) is 11.3. The molecule has 0 amide bonds. The van der Waals surface area contributed by atoms with Crippen molar-refractivity contribution in [3.05, 3.63) is 59.7 Å². The summed E-state index contributed by atoms with van der Waals surface area (Å²) in [6, 6.07) is 14.7. The maximum absolute atomic E-state index is 11.9. The van der Waals surface area contributed by atoms with E-state index in [0.29, 0.717) is 17.9 Å². The number of carbonyl (C=O) groups is 1. The molecule has 2 N–H and O–H groups in total. The van der Waals surface area contributed by atoms with Crippen LogP contribution in [0.1, 0.15) is 15.9 Å². The van der Waals surface area contributed by atoms with Gasteiger partial charge in [0.15, 0.2) is 0 Å². The Balaban J connectivity index is 1.82. The Morgan fingerprint density at radius 1 is 1.05 bits per heavy atom. The first-order chi connectivity index (χ1) is 9.68. The van der Waals surface area contributed by atoms with Gasteiger partial charge in [0, 0.05) is 5.69 Å². The summed E-state index contributed by atoms with van der Waals surface area (Å²) in [5.74, 6) is 0.321. The smallest absolute Gasteiger partial charge is 0.340 e. The van der Waals surface area contributed by atoms with E-state index < -0.39 is 5.97 Å². The first-order valence-electron chi connectivity index (χ1n) is 6.38. The fourth-order valence-electron chi connectivity index (χ4n) is 1.75. The van der Waals surface area contributed by atoms with Crippen LogP contribution in [0.15, 0.2) is 48.5 Å². The van der Waals surface area contributed by atoms with E-state index >= 15 is 0 Å². The van der Waals surface area contributed by atoms with E-state index in [1.165, 1.54) is 0 Å². The number of rotatable bonds is 5. The molecule has 0 atom stereocenters. The molecule has 0 heterocycles. The Kier molecular flexibility index (Phi) is 4.60. The van der Waals surface area contributed by atoms with Crippen LogP contribution in [0.5, 0.6) is 5.75 Å². The lowest BCUT2D eigenvalue weighted by atomic mass is 10.1. The van der Waals surface area contributed by atoms with Gasteiger partial charge in [0.2, 0.25) is 0 Å². The number of benzene rings is 2. The van der Waals surface area contributed by atoms with E-state index in [4.69, 9.17) is 15.2 Å². The van der Waals surface area contributed by atoms with Gasteiger partial charge in [-0.2, -0.15) is 0 Å². The standard InChI is InChI=1S/C16H17NO3/c1-12-6-5-9-14(15(12)17)16(18)20-11-10-19-13-7-3-2-4-8-13/h2-9H,10-11,17H2,1H3.